The second-order valence-electron chi connectivity index (χ2n) is 7.37. The lowest BCUT2D eigenvalue weighted by atomic mass is 10.2. The third-order valence-electron chi connectivity index (χ3n) is 4.92. The van der Waals surface area contributed by atoms with Crippen LogP contribution in [0.15, 0.2) is 48.8 Å². The SMILES string of the molecule is COC(=O)CCCN(C)c1ncnc(Nc2ccc(OCc3cccc(F)c3)c(Cl)c2)c1C=O. The molecule has 0 atom stereocenters. The summed E-state index contributed by atoms with van der Waals surface area (Å²) >= 11 is 6.36. The largest absolute Gasteiger partial charge is 0.487 e. The Morgan fingerprint density at radius 1 is 1.24 bits per heavy atom. The molecule has 1 aromatic heterocycles. The van der Waals surface area contributed by atoms with E-state index in [4.69, 9.17) is 16.3 Å². The first kappa shape index (κ1) is 24.9. The van der Waals surface area contributed by atoms with Crippen LogP contribution in [0, 0.1) is 5.82 Å². The summed E-state index contributed by atoms with van der Waals surface area (Å²) in [7, 11) is 3.12. The monoisotopic (exact) mass is 486 g/mol. The van der Waals surface area contributed by atoms with E-state index >= 15 is 0 Å². The highest BCUT2D eigenvalue weighted by molar-refractivity contribution is 6.32. The molecule has 0 amide bonds. The smallest absolute Gasteiger partial charge is 0.305 e. The molecule has 8 nitrogen and oxygen atoms in total. The van der Waals surface area contributed by atoms with Crippen molar-refractivity contribution in [2.45, 2.75) is 19.4 Å². The van der Waals surface area contributed by atoms with Gasteiger partial charge in [-0.25, -0.2) is 14.4 Å². The summed E-state index contributed by atoms with van der Waals surface area (Å²) in [6.45, 7) is 0.659. The Hall–Kier alpha value is -3.72. The molecule has 0 saturated carbocycles. The van der Waals surface area contributed by atoms with E-state index in [1.807, 2.05) is 0 Å². The van der Waals surface area contributed by atoms with Gasteiger partial charge in [-0.15, -0.1) is 0 Å². The van der Waals surface area contributed by atoms with Gasteiger partial charge in [-0.2, -0.15) is 0 Å². The average molecular weight is 487 g/mol. The van der Waals surface area contributed by atoms with Crippen molar-refractivity contribution in [1.82, 2.24) is 9.97 Å². The molecule has 10 heteroatoms. The van der Waals surface area contributed by atoms with Crippen LogP contribution in [0.4, 0.5) is 21.7 Å². The van der Waals surface area contributed by atoms with Crippen molar-refractivity contribution in [3.05, 3.63) is 70.8 Å². The highest BCUT2D eigenvalue weighted by Crippen LogP contribution is 2.31. The highest BCUT2D eigenvalue weighted by atomic mass is 35.5. The minimum Gasteiger partial charge on any atom is -0.487 e. The van der Waals surface area contributed by atoms with E-state index in [-0.39, 0.29) is 30.4 Å². The molecule has 178 valence electrons. The van der Waals surface area contributed by atoms with E-state index in [9.17, 15) is 14.0 Å². The van der Waals surface area contributed by atoms with Crippen LogP contribution in [0.2, 0.25) is 5.02 Å². The van der Waals surface area contributed by atoms with Gasteiger partial charge in [0.25, 0.3) is 0 Å². The van der Waals surface area contributed by atoms with Crippen molar-refractivity contribution >= 4 is 41.2 Å². The standard InChI is InChI=1S/C24H24ClFN4O4/c1-30(10-4-7-22(32)33-2)24-19(13-31)23(27-15-28-24)29-18-8-9-21(20(25)12-18)34-14-16-5-3-6-17(26)11-16/h3,5-6,8-9,11-13,15H,4,7,10,14H2,1-2H3,(H,27,28,29). The number of esters is 1. The van der Waals surface area contributed by atoms with E-state index in [1.165, 1.54) is 25.6 Å². The topological polar surface area (TPSA) is 93.7 Å². The maximum Gasteiger partial charge on any atom is 0.305 e. The van der Waals surface area contributed by atoms with Gasteiger partial charge < -0.3 is 19.7 Å². The van der Waals surface area contributed by atoms with Crippen LogP contribution in [-0.2, 0) is 16.1 Å². The minimum absolute atomic E-state index is 0.164. The average Bonchev–Trinajstić information content (AvgIpc) is 2.83. The van der Waals surface area contributed by atoms with Crippen LogP contribution in [0.1, 0.15) is 28.8 Å². The van der Waals surface area contributed by atoms with Gasteiger partial charge >= 0.3 is 5.97 Å². The van der Waals surface area contributed by atoms with Crippen LogP contribution in [0.3, 0.4) is 0 Å². The van der Waals surface area contributed by atoms with Crippen LogP contribution in [0.5, 0.6) is 5.75 Å². The Kier molecular flexibility index (Phi) is 8.75. The normalized spacial score (nSPS) is 10.5. The third kappa shape index (κ3) is 6.64. The number of aromatic nitrogens is 2. The Morgan fingerprint density at radius 3 is 2.76 bits per heavy atom. The van der Waals surface area contributed by atoms with Crippen molar-refractivity contribution in [1.29, 1.82) is 0 Å². The molecule has 0 aliphatic rings. The fraction of sp³-hybridized carbons (Fsp3) is 0.250. The molecule has 0 aliphatic heterocycles. The van der Waals surface area contributed by atoms with E-state index in [2.05, 4.69) is 20.0 Å². The summed E-state index contributed by atoms with van der Waals surface area (Å²) in [6.07, 6.45) is 2.83. The number of carbonyl (C=O) groups is 2. The number of hydrogen-bond acceptors (Lipinski definition) is 8. The highest BCUT2D eigenvalue weighted by Gasteiger charge is 2.16. The van der Waals surface area contributed by atoms with Gasteiger partial charge in [-0.3, -0.25) is 9.59 Å². The van der Waals surface area contributed by atoms with Crippen molar-refractivity contribution in [2.75, 3.05) is 30.9 Å². The number of hydrogen-bond donors (Lipinski definition) is 1. The molecule has 3 aromatic rings. The molecule has 1 N–H and O–H groups in total. The molecule has 0 radical (unpaired) electrons. The number of carbonyl (C=O) groups excluding carboxylic acids is 2. The summed E-state index contributed by atoms with van der Waals surface area (Å²) in [5, 5.41) is 3.42. The van der Waals surface area contributed by atoms with Crippen molar-refractivity contribution in [3.8, 4) is 5.75 Å². The van der Waals surface area contributed by atoms with Crippen LogP contribution in [-0.4, -0.2) is 42.9 Å². The molecule has 0 aliphatic carbocycles. The van der Waals surface area contributed by atoms with E-state index in [1.54, 1.807) is 42.3 Å². The third-order valence-corrected chi connectivity index (χ3v) is 5.22. The number of aldehydes is 1. The second kappa shape index (κ2) is 11.9. The fourth-order valence-corrected chi connectivity index (χ4v) is 3.42. The Bertz CT molecular complexity index is 1160. The number of nitrogens with one attached hydrogen (secondary N) is 1. The first-order valence-electron chi connectivity index (χ1n) is 10.4. The summed E-state index contributed by atoms with van der Waals surface area (Å²) in [5.74, 6) is 0.536. The zero-order chi connectivity index (χ0) is 24.5. The fourth-order valence-electron chi connectivity index (χ4n) is 3.19. The molecule has 0 unspecified atom stereocenters. The molecule has 3 rings (SSSR count). The van der Waals surface area contributed by atoms with E-state index in [0.29, 0.717) is 52.9 Å². The Balaban J connectivity index is 1.69. The predicted octanol–water partition coefficient (Wildman–Crippen LogP) is 4.79. The number of halogens is 2. The van der Waals surface area contributed by atoms with Crippen molar-refractivity contribution < 1.29 is 23.5 Å². The summed E-state index contributed by atoms with van der Waals surface area (Å²) in [4.78, 5) is 33.3. The number of methoxy groups -OCH3 is 1. The van der Waals surface area contributed by atoms with Gasteiger partial charge in [-0.05, 0) is 42.3 Å². The maximum atomic E-state index is 13.3. The Labute approximate surface area is 201 Å². The minimum atomic E-state index is -0.337. The van der Waals surface area contributed by atoms with Gasteiger partial charge in [0.05, 0.1) is 17.7 Å². The lowest BCUT2D eigenvalue weighted by Gasteiger charge is -2.20. The number of anilines is 3. The van der Waals surface area contributed by atoms with E-state index in [0.717, 1.165) is 0 Å². The molecule has 2 aromatic carbocycles. The second-order valence-corrected chi connectivity index (χ2v) is 7.77. The van der Waals surface area contributed by atoms with Gasteiger partial charge in [0.1, 0.15) is 36.1 Å². The molecule has 0 bridgehead atoms. The molecule has 34 heavy (non-hydrogen) atoms. The summed E-state index contributed by atoms with van der Waals surface area (Å²) in [5.41, 5.74) is 1.54. The number of ether oxygens (including phenoxy) is 2. The van der Waals surface area contributed by atoms with E-state index < -0.39 is 0 Å². The van der Waals surface area contributed by atoms with Gasteiger partial charge in [-0.1, -0.05) is 23.7 Å². The molecular formula is C24H24ClFN4O4. The molecule has 1 heterocycles. The van der Waals surface area contributed by atoms with Crippen molar-refractivity contribution in [2.24, 2.45) is 0 Å². The lowest BCUT2D eigenvalue weighted by molar-refractivity contribution is -0.140. The van der Waals surface area contributed by atoms with Crippen molar-refractivity contribution in [3.63, 3.8) is 0 Å². The first-order chi connectivity index (χ1) is 16.4. The van der Waals surface area contributed by atoms with Gasteiger partial charge in [0, 0.05) is 25.7 Å². The lowest BCUT2D eigenvalue weighted by Crippen LogP contribution is -2.23. The predicted molar refractivity (Wildman–Crippen MR) is 127 cm³/mol. The van der Waals surface area contributed by atoms with Crippen LogP contribution >= 0.6 is 11.6 Å². The molecule has 0 saturated heterocycles. The van der Waals surface area contributed by atoms with Gasteiger partial charge in [0.2, 0.25) is 0 Å². The molecule has 0 spiro atoms. The van der Waals surface area contributed by atoms with Gasteiger partial charge in [0.15, 0.2) is 6.29 Å². The zero-order valence-corrected chi connectivity index (χ0v) is 19.5. The zero-order valence-electron chi connectivity index (χ0n) is 18.8. The maximum absolute atomic E-state index is 13.3. The quantitative estimate of drug-likeness (QED) is 0.305. The summed E-state index contributed by atoms with van der Waals surface area (Å²) < 4.78 is 23.7. The van der Waals surface area contributed by atoms with Crippen LogP contribution in [0.25, 0.3) is 0 Å². The first-order valence-corrected chi connectivity index (χ1v) is 10.8. The molecular weight excluding hydrogens is 463 g/mol. The number of benzene rings is 2. The summed E-state index contributed by atoms with van der Waals surface area (Å²) in [6, 6.07) is 11.2. The number of rotatable bonds is 11. The number of nitrogens with zero attached hydrogens (tertiary/aromatic N) is 3. The molecule has 0 fully saturated rings. The van der Waals surface area contributed by atoms with Crippen LogP contribution < -0.4 is 15.0 Å². The Morgan fingerprint density at radius 2 is 2.06 bits per heavy atom.